The smallest absolute Gasteiger partial charge is 0.211 e. The largest absolute Gasteiger partial charge is 0.361 e. The highest BCUT2D eigenvalue weighted by Gasteiger charge is 2.13. The Morgan fingerprint density at radius 3 is 2.59 bits per heavy atom. The van der Waals surface area contributed by atoms with Gasteiger partial charge in [0, 0.05) is 12.1 Å². The third-order valence-electron chi connectivity index (χ3n) is 2.49. The van der Waals surface area contributed by atoms with Crippen molar-refractivity contribution in [3.05, 3.63) is 17.0 Å². The van der Waals surface area contributed by atoms with Gasteiger partial charge in [-0.05, 0) is 33.9 Å². The molecule has 0 aromatic carbocycles. The third-order valence-corrected chi connectivity index (χ3v) is 3.90. The van der Waals surface area contributed by atoms with Crippen LogP contribution in [0.25, 0.3) is 0 Å². The number of rotatable bonds is 7. The molecule has 7 heteroatoms. The van der Waals surface area contributed by atoms with Gasteiger partial charge in [0.1, 0.15) is 5.76 Å². The van der Waals surface area contributed by atoms with E-state index < -0.39 is 10.0 Å². The van der Waals surface area contributed by atoms with Gasteiger partial charge in [-0.15, -0.1) is 0 Å². The molecular formula is C10H19N3O3S. The lowest BCUT2D eigenvalue weighted by Crippen LogP contribution is -2.27. The van der Waals surface area contributed by atoms with E-state index in [9.17, 15) is 8.42 Å². The van der Waals surface area contributed by atoms with E-state index in [1.54, 1.807) is 20.9 Å². The molecule has 0 aliphatic heterocycles. The van der Waals surface area contributed by atoms with Crippen LogP contribution in [0.3, 0.4) is 0 Å². The van der Waals surface area contributed by atoms with Crippen molar-refractivity contribution in [2.24, 2.45) is 0 Å². The van der Waals surface area contributed by atoms with Crippen molar-refractivity contribution >= 4 is 10.0 Å². The van der Waals surface area contributed by atoms with Gasteiger partial charge in [-0.25, -0.2) is 13.1 Å². The Kier molecular flexibility index (Phi) is 5.10. The number of nitrogens with one attached hydrogen (secondary N) is 2. The maximum atomic E-state index is 11.6. The third kappa shape index (κ3) is 4.45. The summed E-state index contributed by atoms with van der Waals surface area (Å²) in [6.45, 7) is 4.49. The van der Waals surface area contributed by atoms with Gasteiger partial charge in [0.2, 0.25) is 10.0 Å². The van der Waals surface area contributed by atoms with Crippen molar-refractivity contribution < 1.29 is 12.9 Å². The molecule has 1 heterocycles. The van der Waals surface area contributed by atoms with E-state index in [-0.39, 0.29) is 12.3 Å². The van der Waals surface area contributed by atoms with Gasteiger partial charge in [0.05, 0.1) is 11.4 Å². The van der Waals surface area contributed by atoms with Crippen LogP contribution in [0.15, 0.2) is 4.52 Å². The van der Waals surface area contributed by atoms with Crippen molar-refractivity contribution in [3.63, 3.8) is 0 Å². The standard InChI is InChI=1S/C10H19N3O3S/c1-8-10(9(2)16-13-8)7-12-17(14,15)6-4-5-11-3/h11-12H,4-7H2,1-3H3. The summed E-state index contributed by atoms with van der Waals surface area (Å²) in [7, 11) is -1.43. The maximum Gasteiger partial charge on any atom is 0.211 e. The topological polar surface area (TPSA) is 84.2 Å². The highest BCUT2D eigenvalue weighted by atomic mass is 32.2. The molecule has 0 atom stereocenters. The van der Waals surface area contributed by atoms with E-state index >= 15 is 0 Å². The van der Waals surface area contributed by atoms with Crippen molar-refractivity contribution in [1.82, 2.24) is 15.2 Å². The molecule has 0 spiro atoms. The summed E-state index contributed by atoms with van der Waals surface area (Å²) in [5.41, 5.74) is 1.53. The molecule has 0 aliphatic rings. The van der Waals surface area contributed by atoms with Crippen molar-refractivity contribution in [1.29, 1.82) is 0 Å². The Labute approximate surface area is 102 Å². The number of sulfonamides is 1. The van der Waals surface area contributed by atoms with Crippen LogP contribution in [0.1, 0.15) is 23.4 Å². The van der Waals surface area contributed by atoms with E-state index in [2.05, 4.69) is 15.2 Å². The van der Waals surface area contributed by atoms with E-state index in [1.807, 2.05) is 0 Å². The zero-order valence-electron chi connectivity index (χ0n) is 10.4. The lowest BCUT2D eigenvalue weighted by molar-refractivity contribution is 0.392. The van der Waals surface area contributed by atoms with Gasteiger partial charge in [0.25, 0.3) is 0 Å². The lowest BCUT2D eigenvalue weighted by atomic mass is 10.2. The van der Waals surface area contributed by atoms with Crippen LogP contribution in [-0.4, -0.2) is 32.9 Å². The van der Waals surface area contributed by atoms with E-state index in [0.717, 1.165) is 11.3 Å². The van der Waals surface area contributed by atoms with Crippen molar-refractivity contribution in [2.75, 3.05) is 19.3 Å². The normalized spacial score (nSPS) is 11.9. The molecule has 6 nitrogen and oxygen atoms in total. The summed E-state index contributed by atoms with van der Waals surface area (Å²) in [4.78, 5) is 0. The van der Waals surface area contributed by atoms with E-state index in [0.29, 0.717) is 18.7 Å². The minimum atomic E-state index is -3.22. The predicted molar refractivity (Wildman–Crippen MR) is 65.1 cm³/mol. The Morgan fingerprint density at radius 1 is 1.35 bits per heavy atom. The number of aryl methyl sites for hydroxylation is 2. The van der Waals surface area contributed by atoms with Crippen LogP contribution in [0.4, 0.5) is 0 Å². The first-order valence-electron chi connectivity index (χ1n) is 5.50. The monoisotopic (exact) mass is 261 g/mol. The molecule has 0 saturated heterocycles. The average molecular weight is 261 g/mol. The quantitative estimate of drug-likeness (QED) is 0.691. The maximum absolute atomic E-state index is 11.6. The number of nitrogens with zero attached hydrogens (tertiary/aromatic N) is 1. The molecule has 0 radical (unpaired) electrons. The fourth-order valence-corrected chi connectivity index (χ4v) is 2.48. The summed E-state index contributed by atoms with van der Waals surface area (Å²) in [6, 6.07) is 0. The molecule has 0 bridgehead atoms. The molecular weight excluding hydrogens is 242 g/mol. The summed E-state index contributed by atoms with van der Waals surface area (Å²) in [6.07, 6.45) is 0.591. The summed E-state index contributed by atoms with van der Waals surface area (Å²) >= 11 is 0. The number of aromatic nitrogens is 1. The minimum Gasteiger partial charge on any atom is -0.361 e. The first-order valence-corrected chi connectivity index (χ1v) is 7.15. The van der Waals surface area contributed by atoms with Gasteiger partial charge in [-0.1, -0.05) is 5.16 Å². The Hall–Kier alpha value is -0.920. The van der Waals surface area contributed by atoms with Crippen LogP contribution in [0.2, 0.25) is 0 Å². The molecule has 0 fully saturated rings. The first kappa shape index (κ1) is 14.1. The van der Waals surface area contributed by atoms with Gasteiger partial charge in [0.15, 0.2) is 0 Å². The van der Waals surface area contributed by atoms with Crippen LogP contribution >= 0.6 is 0 Å². The molecule has 0 saturated carbocycles. The Morgan fingerprint density at radius 2 is 2.06 bits per heavy atom. The molecule has 1 aromatic rings. The highest BCUT2D eigenvalue weighted by Crippen LogP contribution is 2.11. The number of hydrogen-bond donors (Lipinski definition) is 2. The van der Waals surface area contributed by atoms with Gasteiger partial charge in [-0.3, -0.25) is 0 Å². The SMILES string of the molecule is CNCCCS(=O)(=O)NCc1c(C)noc1C. The highest BCUT2D eigenvalue weighted by molar-refractivity contribution is 7.89. The molecule has 98 valence electrons. The van der Waals surface area contributed by atoms with Crippen molar-refractivity contribution in [2.45, 2.75) is 26.8 Å². The van der Waals surface area contributed by atoms with E-state index in [4.69, 9.17) is 4.52 Å². The van der Waals surface area contributed by atoms with Crippen LogP contribution in [0.5, 0.6) is 0 Å². The lowest BCUT2D eigenvalue weighted by Gasteiger charge is -2.06. The molecule has 1 rings (SSSR count). The van der Waals surface area contributed by atoms with Crippen LogP contribution in [-0.2, 0) is 16.6 Å². The summed E-state index contributed by atoms with van der Waals surface area (Å²) < 4.78 is 30.8. The number of hydrogen-bond acceptors (Lipinski definition) is 5. The zero-order valence-corrected chi connectivity index (χ0v) is 11.2. The second kappa shape index (κ2) is 6.13. The predicted octanol–water partition coefficient (Wildman–Crippen LogP) is 0.320. The zero-order chi connectivity index (χ0) is 12.9. The average Bonchev–Trinajstić information content (AvgIpc) is 2.56. The van der Waals surface area contributed by atoms with Gasteiger partial charge in [-0.2, -0.15) is 0 Å². The molecule has 0 amide bonds. The second-order valence-electron chi connectivity index (χ2n) is 3.90. The molecule has 0 unspecified atom stereocenters. The van der Waals surface area contributed by atoms with Gasteiger partial charge >= 0.3 is 0 Å². The van der Waals surface area contributed by atoms with Gasteiger partial charge < -0.3 is 9.84 Å². The summed E-state index contributed by atoms with van der Waals surface area (Å²) in [5.74, 6) is 0.775. The molecule has 1 aromatic heterocycles. The molecule has 17 heavy (non-hydrogen) atoms. The molecule has 2 N–H and O–H groups in total. The second-order valence-corrected chi connectivity index (χ2v) is 5.83. The molecule has 0 aliphatic carbocycles. The van der Waals surface area contributed by atoms with E-state index in [1.165, 1.54) is 0 Å². The minimum absolute atomic E-state index is 0.122. The first-order chi connectivity index (χ1) is 7.96. The Balaban J connectivity index is 2.50. The fourth-order valence-electron chi connectivity index (χ4n) is 1.45. The van der Waals surface area contributed by atoms with Crippen LogP contribution in [0, 0.1) is 13.8 Å². The van der Waals surface area contributed by atoms with Crippen molar-refractivity contribution in [3.8, 4) is 0 Å². The summed E-state index contributed by atoms with van der Waals surface area (Å²) in [5, 5.41) is 6.68. The Bertz CT molecular complexity index is 434. The van der Waals surface area contributed by atoms with Crippen LogP contribution < -0.4 is 10.0 Å². The fraction of sp³-hybridized carbons (Fsp3) is 0.700.